The molecule has 2 aliphatic rings. The number of nitrogens with zero attached hydrogens (tertiary/aromatic N) is 4. The van der Waals surface area contributed by atoms with E-state index in [0.29, 0.717) is 30.5 Å². The Balaban J connectivity index is 1.48. The summed E-state index contributed by atoms with van der Waals surface area (Å²) in [6, 6.07) is 3.59. The second kappa shape index (κ2) is 8.60. The monoisotopic (exact) mass is 414 g/mol. The molecular formula is C20H23FN6O3. The molecule has 2 amide bonds. The fourth-order valence-corrected chi connectivity index (χ4v) is 3.81. The molecule has 9 nitrogen and oxygen atoms in total. The summed E-state index contributed by atoms with van der Waals surface area (Å²) in [5.74, 6) is 0.153. The minimum atomic E-state index is -0.559. The van der Waals surface area contributed by atoms with Crippen molar-refractivity contribution in [3.63, 3.8) is 0 Å². The van der Waals surface area contributed by atoms with Crippen molar-refractivity contribution in [3.05, 3.63) is 30.3 Å². The number of amides is 2. The van der Waals surface area contributed by atoms with Gasteiger partial charge < -0.3 is 15.4 Å². The first-order valence-corrected chi connectivity index (χ1v) is 9.96. The highest BCUT2D eigenvalue weighted by atomic mass is 19.1. The molecule has 0 spiro atoms. The van der Waals surface area contributed by atoms with Gasteiger partial charge in [-0.05, 0) is 37.8 Å². The molecule has 2 fully saturated rings. The smallest absolute Gasteiger partial charge is 0.415 e. The molecule has 0 bridgehead atoms. The Bertz CT molecular complexity index is 948. The second-order valence-corrected chi connectivity index (χ2v) is 7.45. The molecule has 0 unspecified atom stereocenters. The van der Waals surface area contributed by atoms with Gasteiger partial charge >= 0.3 is 6.09 Å². The number of halogens is 1. The van der Waals surface area contributed by atoms with Crippen LogP contribution in [0.2, 0.25) is 0 Å². The van der Waals surface area contributed by atoms with E-state index in [1.54, 1.807) is 12.1 Å². The summed E-state index contributed by atoms with van der Waals surface area (Å²) >= 11 is 0. The van der Waals surface area contributed by atoms with E-state index in [0.717, 1.165) is 31.9 Å². The number of hydrogen-bond donors (Lipinski definition) is 2. The number of hydrogen-bond acceptors (Lipinski definition) is 7. The van der Waals surface area contributed by atoms with E-state index < -0.39 is 11.9 Å². The summed E-state index contributed by atoms with van der Waals surface area (Å²) in [5.41, 5.74) is 0.632. The predicted molar refractivity (Wildman–Crippen MR) is 107 cm³/mol. The summed E-state index contributed by atoms with van der Waals surface area (Å²) in [6.07, 6.45) is 5.62. The summed E-state index contributed by atoms with van der Waals surface area (Å²) < 4.78 is 19.4. The summed E-state index contributed by atoms with van der Waals surface area (Å²) in [5, 5.41) is 6.21. The van der Waals surface area contributed by atoms with E-state index in [1.807, 2.05) is 0 Å². The van der Waals surface area contributed by atoms with Crippen LogP contribution >= 0.6 is 0 Å². The van der Waals surface area contributed by atoms with Gasteiger partial charge in [0, 0.05) is 30.8 Å². The third-order valence-electron chi connectivity index (χ3n) is 5.27. The molecular weight excluding hydrogens is 391 g/mol. The van der Waals surface area contributed by atoms with Gasteiger partial charge in [0.05, 0.1) is 12.7 Å². The van der Waals surface area contributed by atoms with Crippen LogP contribution in [-0.2, 0) is 9.53 Å². The van der Waals surface area contributed by atoms with Crippen LogP contribution in [0, 0.1) is 5.82 Å². The number of anilines is 2. The lowest BCUT2D eigenvalue weighted by molar-refractivity contribution is -0.119. The van der Waals surface area contributed by atoms with E-state index in [-0.39, 0.29) is 23.7 Å². The second-order valence-electron chi connectivity index (χ2n) is 7.45. The average molecular weight is 414 g/mol. The highest BCUT2D eigenvalue weighted by Crippen LogP contribution is 2.27. The molecule has 0 aromatic carbocycles. The van der Waals surface area contributed by atoms with Crippen LogP contribution in [0.1, 0.15) is 32.6 Å². The molecule has 1 aliphatic heterocycles. The minimum absolute atomic E-state index is 0.0168. The molecule has 1 saturated heterocycles. The summed E-state index contributed by atoms with van der Waals surface area (Å²) in [6.45, 7) is 2.22. The molecule has 2 aromatic heterocycles. The zero-order valence-corrected chi connectivity index (χ0v) is 16.6. The number of aromatic nitrogens is 3. The van der Waals surface area contributed by atoms with Crippen molar-refractivity contribution in [1.82, 2.24) is 20.3 Å². The van der Waals surface area contributed by atoms with Crippen molar-refractivity contribution < 1.29 is 18.7 Å². The molecule has 158 valence electrons. The third-order valence-corrected chi connectivity index (χ3v) is 5.27. The van der Waals surface area contributed by atoms with Gasteiger partial charge in [-0.2, -0.15) is 0 Å². The number of carbonyl (C=O) groups is 2. The Labute approximate surface area is 173 Å². The number of rotatable bonds is 5. The molecule has 0 atom stereocenters. The molecule has 2 N–H and O–H groups in total. The van der Waals surface area contributed by atoms with Gasteiger partial charge in [0.15, 0.2) is 5.82 Å². The van der Waals surface area contributed by atoms with Crippen molar-refractivity contribution in [1.29, 1.82) is 0 Å². The van der Waals surface area contributed by atoms with Crippen LogP contribution in [0.3, 0.4) is 0 Å². The van der Waals surface area contributed by atoms with Crippen molar-refractivity contribution in [2.24, 2.45) is 0 Å². The quantitative estimate of drug-likeness (QED) is 0.774. The highest BCUT2D eigenvalue weighted by Gasteiger charge is 2.26. The van der Waals surface area contributed by atoms with E-state index >= 15 is 0 Å². The van der Waals surface area contributed by atoms with Crippen LogP contribution in [0.25, 0.3) is 11.3 Å². The highest BCUT2D eigenvalue weighted by molar-refractivity contribution is 5.88. The maximum atomic E-state index is 14.5. The molecule has 1 saturated carbocycles. The first-order valence-electron chi connectivity index (χ1n) is 9.96. The van der Waals surface area contributed by atoms with Gasteiger partial charge in [-0.1, -0.05) is 0 Å². The predicted octanol–water partition coefficient (Wildman–Crippen LogP) is 2.49. The lowest BCUT2D eigenvalue weighted by atomic mass is 9.91. The van der Waals surface area contributed by atoms with Gasteiger partial charge in [0.2, 0.25) is 11.9 Å². The largest absolute Gasteiger partial charge is 0.447 e. The van der Waals surface area contributed by atoms with Crippen molar-refractivity contribution in [2.75, 3.05) is 23.4 Å². The third kappa shape index (κ3) is 4.47. The zero-order valence-electron chi connectivity index (χ0n) is 16.6. The normalized spacial score (nSPS) is 21.3. The molecule has 0 radical (unpaired) electrons. The van der Waals surface area contributed by atoms with Gasteiger partial charge in [-0.25, -0.2) is 24.1 Å². The number of cyclic esters (lactones) is 1. The van der Waals surface area contributed by atoms with Crippen molar-refractivity contribution in [3.8, 4) is 11.3 Å². The van der Waals surface area contributed by atoms with E-state index in [1.165, 1.54) is 18.0 Å². The number of carbonyl (C=O) groups excluding carboxylic acids is 2. The molecule has 4 rings (SSSR count). The number of ether oxygens (including phenoxy) is 1. The Morgan fingerprint density at radius 3 is 2.70 bits per heavy atom. The first kappa shape index (κ1) is 20.0. The fraction of sp³-hybridized carbons (Fsp3) is 0.450. The Kier molecular flexibility index (Phi) is 5.73. The van der Waals surface area contributed by atoms with Crippen LogP contribution in [0.15, 0.2) is 24.5 Å². The molecule has 30 heavy (non-hydrogen) atoms. The lowest BCUT2D eigenvalue weighted by Crippen LogP contribution is -2.39. The van der Waals surface area contributed by atoms with Crippen LogP contribution in [0.4, 0.5) is 21.0 Å². The molecule has 3 heterocycles. The Hall–Kier alpha value is -3.30. The minimum Gasteiger partial charge on any atom is -0.447 e. The lowest BCUT2D eigenvalue weighted by Gasteiger charge is -2.29. The summed E-state index contributed by atoms with van der Waals surface area (Å²) in [7, 11) is 0. The standard InChI is InChI=1S/C20H23FN6O3/c1-12(28)24-14-2-4-15(5-3-14)25-19-23-11-16(21)18(26-19)13-6-7-22-17(10-13)27-8-9-30-20(27)29/h6-7,10-11,14-15H,2-5,8-9H2,1H3,(H,24,28)(H,23,25,26)/t14-,15-. The van der Waals surface area contributed by atoms with Gasteiger partial charge in [0.25, 0.3) is 0 Å². The fourth-order valence-electron chi connectivity index (χ4n) is 3.81. The SMILES string of the molecule is CC(=O)N[C@H]1CC[C@H](Nc2ncc(F)c(-c3ccnc(N4CCOC4=O)c3)n2)CC1. The van der Waals surface area contributed by atoms with Crippen LogP contribution in [-0.4, -0.2) is 52.2 Å². The van der Waals surface area contributed by atoms with E-state index in [4.69, 9.17) is 4.74 Å². The maximum Gasteiger partial charge on any atom is 0.415 e. The molecule has 1 aliphatic carbocycles. The van der Waals surface area contributed by atoms with Crippen molar-refractivity contribution >= 4 is 23.8 Å². The van der Waals surface area contributed by atoms with Crippen molar-refractivity contribution in [2.45, 2.75) is 44.7 Å². The van der Waals surface area contributed by atoms with Gasteiger partial charge in [0.1, 0.15) is 18.1 Å². The average Bonchev–Trinajstić information content (AvgIpc) is 3.16. The van der Waals surface area contributed by atoms with Gasteiger partial charge in [-0.15, -0.1) is 0 Å². The molecule has 10 heteroatoms. The topological polar surface area (TPSA) is 109 Å². The number of nitrogens with one attached hydrogen (secondary N) is 2. The van der Waals surface area contributed by atoms with Crippen LogP contribution < -0.4 is 15.5 Å². The zero-order chi connectivity index (χ0) is 21.1. The molecule has 2 aromatic rings. The van der Waals surface area contributed by atoms with Crippen LogP contribution in [0.5, 0.6) is 0 Å². The Morgan fingerprint density at radius 1 is 1.23 bits per heavy atom. The van der Waals surface area contributed by atoms with Gasteiger partial charge in [-0.3, -0.25) is 9.69 Å². The van der Waals surface area contributed by atoms with E-state index in [9.17, 15) is 14.0 Å². The van der Waals surface area contributed by atoms with E-state index in [2.05, 4.69) is 25.6 Å². The summed E-state index contributed by atoms with van der Waals surface area (Å²) in [4.78, 5) is 37.0. The number of pyridine rings is 1. The first-order chi connectivity index (χ1) is 14.5. The Morgan fingerprint density at radius 2 is 2.00 bits per heavy atom. The maximum absolute atomic E-state index is 14.5.